The summed E-state index contributed by atoms with van der Waals surface area (Å²) in [5.41, 5.74) is 0.122. The second-order valence-electron chi connectivity index (χ2n) is 3.99. The number of nitrogens with zero attached hydrogens (tertiary/aromatic N) is 1. The summed E-state index contributed by atoms with van der Waals surface area (Å²) >= 11 is 11.4. The number of hydrogen-bond donors (Lipinski definition) is 3. The Bertz CT molecular complexity index is 714. The molecule has 21 heavy (non-hydrogen) atoms. The number of aromatic nitrogens is 1. The van der Waals surface area contributed by atoms with E-state index in [9.17, 15) is 14.7 Å². The molecule has 6 nitrogen and oxygen atoms in total. The largest absolute Gasteiger partial charge is 0.506 e. The SMILES string of the molecule is O=C(O)c1ccc(NC(=O)c2cc(Cl)nc(Cl)c2)c(O)c1. The number of rotatable bonds is 3. The number of amides is 1. The molecule has 1 amide bonds. The van der Waals surface area contributed by atoms with Crippen molar-refractivity contribution in [2.75, 3.05) is 5.32 Å². The lowest BCUT2D eigenvalue weighted by Crippen LogP contribution is -2.12. The van der Waals surface area contributed by atoms with Gasteiger partial charge < -0.3 is 15.5 Å². The molecule has 108 valence electrons. The summed E-state index contributed by atoms with van der Waals surface area (Å²) in [6, 6.07) is 6.19. The molecule has 0 atom stereocenters. The van der Waals surface area contributed by atoms with Crippen LogP contribution in [0.1, 0.15) is 20.7 Å². The van der Waals surface area contributed by atoms with Gasteiger partial charge in [-0.15, -0.1) is 0 Å². The van der Waals surface area contributed by atoms with Crippen LogP contribution < -0.4 is 5.32 Å². The Balaban J connectivity index is 2.25. The van der Waals surface area contributed by atoms with Crippen LogP contribution in [0, 0.1) is 0 Å². The number of hydrogen-bond acceptors (Lipinski definition) is 4. The van der Waals surface area contributed by atoms with Crippen molar-refractivity contribution in [3.05, 3.63) is 51.8 Å². The highest BCUT2D eigenvalue weighted by Crippen LogP contribution is 2.25. The van der Waals surface area contributed by atoms with Gasteiger partial charge in [-0.05, 0) is 30.3 Å². The molecule has 3 N–H and O–H groups in total. The van der Waals surface area contributed by atoms with Crippen LogP contribution in [0.5, 0.6) is 5.75 Å². The Labute approximate surface area is 129 Å². The van der Waals surface area contributed by atoms with E-state index in [0.29, 0.717) is 0 Å². The van der Waals surface area contributed by atoms with Crippen LogP contribution >= 0.6 is 23.2 Å². The van der Waals surface area contributed by atoms with Gasteiger partial charge in [0.2, 0.25) is 0 Å². The van der Waals surface area contributed by atoms with Gasteiger partial charge >= 0.3 is 5.97 Å². The number of aromatic hydroxyl groups is 1. The summed E-state index contributed by atoms with van der Waals surface area (Å²) in [4.78, 5) is 26.5. The van der Waals surface area contributed by atoms with Crippen LogP contribution in [0.15, 0.2) is 30.3 Å². The molecule has 0 aliphatic rings. The van der Waals surface area contributed by atoms with E-state index in [0.717, 1.165) is 6.07 Å². The van der Waals surface area contributed by atoms with E-state index in [1.54, 1.807) is 0 Å². The Hall–Kier alpha value is -2.31. The van der Waals surface area contributed by atoms with Crippen LogP contribution in [0.25, 0.3) is 0 Å². The van der Waals surface area contributed by atoms with Crippen LogP contribution in [0.4, 0.5) is 5.69 Å². The van der Waals surface area contributed by atoms with Crippen LogP contribution in [-0.4, -0.2) is 27.1 Å². The molecule has 0 unspecified atom stereocenters. The zero-order chi connectivity index (χ0) is 15.6. The summed E-state index contributed by atoms with van der Waals surface area (Å²) in [7, 11) is 0. The van der Waals surface area contributed by atoms with Gasteiger partial charge in [0.1, 0.15) is 16.1 Å². The Kier molecular flexibility index (Phi) is 4.30. The monoisotopic (exact) mass is 326 g/mol. The molecule has 0 aliphatic heterocycles. The maximum absolute atomic E-state index is 12.0. The number of carbonyl (C=O) groups excluding carboxylic acids is 1. The Morgan fingerprint density at radius 1 is 1.05 bits per heavy atom. The first-order valence-corrected chi connectivity index (χ1v) is 6.33. The highest BCUT2D eigenvalue weighted by Gasteiger charge is 2.13. The minimum absolute atomic E-state index is 0.0538. The molecule has 1 aromatic heterocycles. The van der Waals surface area contributed by atoms with Gasteiger partial charge in [-0.25, -0.2) is 9.78 Å². The van der Waals surface area contributed by atoms with E-state index in [1.807, 2.05) is 0 Å². The number of pyridine rings is 1. The molecule has 0 aliphatic carbocycles. The third kappa shape index (κ3) is 3.62. The second kappa shape index (κ2) is 5.99. The van der Waals surface area contributed by atoms with E-state index in [4.69, 9.17) is 28.3 Å². The van der Waals surface area contributed by atoms with E-state index in [1.165, 1.54) is 24.3 Å². The summed E-state index contributed by atoms with van der Waals surface area (Å²) in [6.45, 7) is 0. The van der Waals surface area contributed by atoms with E-state index in [2.05, 4.69) is 10.3 Å². The number of benzene rings is 1. The number of anilines is 1. The third-order valence-corrected chi connectivity index (χ3v) is 2.91. The highest BCUT2D eigenvalue weighted by atomic mass is 35.5. The molecule has 2 rings (SSSR count). The average molecular weight is 327 g/mol. The third-order valence-electron chi connectivity index (χ3n) is 2.52. The summed E-state index contributed by atoms with van der Waals surface area (Å²) in [6.07, 6.45) is 0. The number of aromatic carboxylic acids is 1. The van der Waals surface area contributed by atoms with Gasteiger partial charge in [0.05, 0.1) is 11.3 Å². The van der Waals surface area contributed by atoms with Gasteiger partial charge in [-0.1, -0.05) is 23.2 Å². The second-order valence-corrected chi connectivity index (χ2v) is 4.77. The van der Waals surface area contributed by atoms with Crippen molar-refractivity contribution < 1.29 is 19.8 Å². The molecule has 1 aromatic carbocycles. The minimum atomic E-state index is -1.18. The van der Waals surface area contributed by atoms with Gasteiger partial charge in [0.25, 0.3) is 5.91 Å². The van der Waals surface area contributed by atoms with Gasteiger partial charge in [0.15, 0.2) is 0 Å². The molecule has 1 heterocycles. The maximum atomic E-state index is 12.0. The van der Waals surface area contributed by atoms with Crippen LogP contribution in [0.2, 0.25) is 10.3 Å². The number of carbonyl (C=O) groups is 2. The summed E-state index contributed by atoms with van der Waals surface area (Å²) < 4.78 is 0. The molecule has 0 bridgehead atoms. The first kappa shape index (κ1) is 15.1. The molecule has 0 fully saturated rings. The van der Waals surface area contributed by atoms with Crippen molar-refractivity contribution in [2.45, 2.75) is 0 Å². The topological polar surface area (TPSA) is 99.5 Å². The fraction of sp³-hybridized carbons (Fsp3) is 0. The van der Waals surface area contributed by atoms with Crippen molar-refractivity contribution in [2.24, 2.45) is 0 Å². The lowest BCUT2D eigenvalue weighted by molar-refractivity contribution is 0.0696. The first-order valence-electron chi connectivity index (χ1n) is 5.57. The highest BCUT2D eigenvalue weighted by molar-refractivity contribution is 6.33. The van der Waals surface area contributed by atoms with Crippen LogP contribution in [-0.2, 0) is 0 Å². The molecule has 0 radical (unpaired) electrons. The minimum Gasteiger partial charge on any atom is -0.506 e. The first-order chi connectivity index (χ1) is 9.86. The van der Waals surface area contributed by atoms with Gasteiger partial charge in [-0.2, -0.15) is 0 Å². The van der Waals surface area contributed by atoms with Crippen molar-refractivity contribution in [3.63, 3.8) is 0 Å². The predicted molar refractivity (Wildman–Crippen MR) is 77.3 cm³/mol. The Morgan fingerprint density at radius 2 is 1.67 bits per heavy atom. The average Bonchev–Trinajstić information content (AvgIpc) is 2.39. The standard InChI is InChI=1S/C13H8Cl2N2O4/c14-10-4-7(5-11(15)17-10)12(19)16-8-2-1-6(13(20)21)3-9(8)18/h1-5,18H,(H,16,19)(H,20,21). The molecular weight excluding hydrogens is 319 g/mol. The Morgan fingerprint density at radius 3 is 2.19 bits per heavy atom. The lowest BCUT2D eigenvalue weighted by Gasteiger charge is -2.08. The smallest absolute Gasteiger partial charge is 0.335 e. The summed E-state index contributed by atoms with van der Waals surface area (Å²) in [5.74, 6) is -2.12. The van der Waals surface area contributed by atoms with Crippen molar-refractivity contribution in [1.29, 1.82) is 0 Å². The van der Waals surface area contributed by atoms with Crippen molar-refractivity contribution in [1.82, 2.24) is 4.98 Å². The van der Waals surface area contributed by atoms with E-state index in [-0.39, 0.29) is 32.9 Å². The number of halogens is 2. The van der Waals surface area contributed by atoms with Crippen LogP contribution in [0.3, 0.4) is 0 Å². The molecule has 0 saturated carbocycles. The zero-order valence-corrected chi connectivity index (χ0v) is 11.8. The fourth-order valence-corrected chi connectivity index (χ4v) is 2.02. The normalized spacial score (nSPS) is 10.2. The summed E-state index contributed by atoms with van der Waals surface area (Å²) in [5, 5.41) is 21.0. The number of phenols is 1. The number of carboxylic acids is 1. The van der Waals surface area contributed by atoms with E-state index >= 15 is 0 Å². The molecule has 2 aromatic rings. The molecule has 0 saturated heterocycles. The number of nitrogens with one attached hydrogen (secondary N) is 1. The van der Waals surface area contributed by atoms with Crippen molar-refractivity contribution >= 4 is 40.8 Å². The number of phenolic OH excluding ortho intramolecular Hbond substituents is 1. The quantitative estimate of drug-likeness (QED) is 0.594. The van der Waals surface area contributed by atoms with Gasteiger partial charge in [0, 0.05) is 5.56 Å². The lowest BCUT2D eigenvalue weighted by atomic mass is 10.2. The fourth-order valence-electron chi connectivity index (χ4n) is 1.56. The predicted octanol–water partition coefficient (Wildman–Crippen LogP) is 3.04. The van der Waals surface area contributed by atoms with E-state index < -0.39 is 11.9 Å². The zero-order valence-electron chi connectivity index (χ0n) is 10.3. The molecular formula is C13H8Cl2N2O4. The van der Waals surface area contributed by atoms with Crippen molar-refractivity contribution in [3.8, 4) is 5.75 Å². The van der Waals surface area contributed by atoms with Gasteiger partial charge in [-0.3, -0.25) is 4.79 Å². The molecule has 8 heteroatoms. The number of carboxylic acid groups (broad SMARTS) is 1. The maximum Gasteiger partial charge on any atom is 0.335 e. The molecule has 0 spiro atoms.